The summed E-state index contributed by atoms with van der Waals surface area (Å²) < 4.78 is 5.31. The molecule has 140 valence electrons. The number of benzene rings is 1. The molecular weight excluding hydrogens is 380 g/mol. The highest BCUT2D eigenvalue weighted by Crippen LogP contribution is 2.34. The summed E-state index contributed by atoms with van der Waals surface area (Å²) in [6, 6.07) is 9.29. The summed E-state index contributed by atoms with van der Waals surface area (Å²) in [6.45, 7) is 2.00. The third-order valence-electron chi connectivity index (χ3n) is 4.52. The smallest absolute Gasteiger partial charge is 0.265 e. The Bertz CT molecular complexity index is 983. The SMILES string of the molecule is COc1ccccc1NC(=O)c1cc2c(N3CCCC3)nc(SC)nc2s1. The highest BCUT2D eigenvalue weighted by atomic mass is 32.2. The van der Waals surface area contributed by atoms with Crippen molar-refractivity contribution in [2.45, 2.75) is 18.0 Å². The number of aromatic nitrogens is 2. The van der Waals surface area contributed by atoms with Crippen molar-refractivity contribution in [3.05, 3.63) is 35.2 Å². The van der Waals surface area contributed by atoms with E-state index in [1.807, 2.05) is 36.6 Å². The minimum Gasteiger partial charge on any atom is -0.495 e. The van der Waals surface area contributed by atoms with Crippen LogP contribution in [0.3, 0.4) is 0 Å². The molecule has 0 saturated carbocycles. The molecule has 2 aromatic heterocycles. The number of thiophene rings is 1. The standard InChI is InChI=1S/C19H20N4O2S2/c1-25-14-8-4-3-7-13(14)20-17(24)15-11-12-16(23-9-5-6-10-23)21-19(26-2)22-18(12)27-15/h3-4,7-8,11H,5-6,9-10H2,1-2H3,(H,20,24). The molecule has 3 aromatic rings. The van der Waals surface area contributed by atoms with Gasteiger partial charge in [0, 0.05) is 13.1 Å². The number of para-hydroxylation sites is 2. The largest absolute Gasteiger partial charge is 0.495 e. The Labute approximate surface area is 166 Å². The number of nitrogens with one attached hydrogen (secondary N) is 1. The molecule has 0 bridgehead atoms. The normalized spacial score (nSPS) is 13.9. The van der Waals surface area contributed by atoms with Crippen LogP contribution in [0, 0.1) is 0 Å². The number of hydrogen-bond acceptors (Lipinski definition) is 7. The Morgan fingerprint density at radius 1 is 1.26 bits per heavy atom. The molecule has 4 rings (SSSR count). The fourth-order valence-corrected chi connectivity index (χ4v) is 4.53. The molecule has 1 aliphatic rings. The number of ether oxygens (including phenoxy) is 1. The lowest BCUT2D eigenvalue weighted by Crippen LogP contribution is -2.19. The Kier molecular flexibility index (Phi) is 5.18. The van der Waals surface area contributed by atoms with Crippen molar-refractivity contribution >= 4 is 50.7 Å². The van der Waals surface area contributed by atoms with Crippen LogP contribution in [0.15, 0.2) is 35.5 Å². The Morgan fingerprint density at radius 3 is 2.78 bits per heavy atom. The molecule has 1 aromatic carbocycles. The molecule has 0 spiro atoms. The number of carbonyl (C=O) groups is 1. The van der Waals surface area contributed by atoms with E-state index in [1.165, 1.54) is 35.9 Å². The third-order valence-corrected chi connectivity index (χ3v) is 6.09. The molecule has 1 saturated heterocycles. The Morgan fingerprint density at radius 2 is 2.04 bits per heavy atom. The molecule has 27 heavy (non-hydrogen) atoms. The van der Waals surface area contributed by atoms with E-state index in [2.05, 4.69) is 15.2 Å². The quantitative estimate of drug-likeness (QED) is 0.509. The van der Waals surface area contributed by atoms with Gasteiger partial charge in [0.1, 0.15) is 16.4 Å². The van der Waals surface area contributed by atoms with E-state index >= 15 is 0 Å². The van der Waals surface area contributed by atoms with Gasteiger partial charge in [-0.15, -0.1) is 11.3 Å². The minimum atomic E-state index is -0.166. The molecule has 1 amide bonds. The average molecular weight is 401 g/mol. The van der Waals surface area contributed by atoms with Crippen molar-refractivity contribution in [3.63, 3.8) is 0 Å². The summed E-state index contributed by atoms with van der Waals surface area (Å²) in [7, 11) is 1.59. The average Bonchev–Trinajstić information content (AvgIpc) is 3.37. The lowest BCUT2D eigenvalue weighted by atomic mass is 10.2. The lowest BCUT2D eigenvalue weighted by molar-refractivity contribution is 0.103. The van der Waals surface area contributed by atoms with Crippen LogP contribution in [0.5, 0.6) is 5.75 Å². The molecule has 0 aliphatic carbocycles. The molecule has 1 fully saturated rings. The van der Waals surface area contributed by atoms with Gasteiger partial charge in [-0.3, -0.25) is 4.79 Å². The van der Waals surface area contributed by atoms with Gasteiger partial charge in [-0.25, -0.2) is 9.97 Å². The predicted molar refractivity (Wildman–Crippen MR) is 112 cm³/mol. The van der Waals surface area contributed by atoms with E-state index in [0.717, 1.165) is 34.3 Å². The highest BCUT2D eigenvalue weighted by Gasteiger charge is 2.21. The zero-order valence-corrected chi connectivity index (χ0v) is 16.8. The van der Waals surface area contributed by atoms with Gasteiger partial charge in [0.15, 0.2) is 5.16 Å². The lowest BCUT2D eigenvalue weighted by Gasteiger charge is -2.17. The van der Waals surface area contributed by atoms with E-state index in [1.54, 1.807) is 7.11 Å². The molecule has 8 heteroatoms. The fraction of sp³-hybridized carbons (Fsp3) is 0.316. The number of nitrogens with zero attached hydrogens (tertiary/aromatic N) is 3. The second kappa shape index (κ2) is 7.74. The van der Waals surface area contributed by atoms with Gasteiger partial charge >= 0.3 is 0 Å². The van der Waals surface area contributed by atoms with Gasteiger partial charge in [0.2, 0.25) is 0 Å². The second-order valence-corrected chi connectivity index (χ2v) is 8.02. The summed E-state index contributed by atoms with van der Waals surface area (Å²) in [5.41, 5.74) is 0.651. The second-order valence-electron chi connectivity index (χ2n) is 6.21. The zero-order valence-electron chi connectivity index (χ0n) is 15.2. The van der Waals surface area contributed by atoms with Crippen LogP contribution in [-0.4, -0.2) is 42.3 Å². The van der Waals surface area contributed by atoms with Crippen LogP contribution in [0.1, 0.15) is 22.5 Å². The topological polar surface area (TPSA) is 67.3 Å². The molecule has 0 radical (unpaired) electrons. The molecule has 0 unspecified atom stereocenters. The maximum absolute atomic E-state index is 12.8. The van der Waals surface area contributed by atoms with E-state index < -0.39 is 0 Å². The molecule has 0 atom stereocenters. The summed E-state index contributed by atoms with van der Waals surface area (Å²) >= 11 is 2.92. The minimum absolute atomic E-state index is 0.166. The maximum Gasteiger partial charge on any atom is 0.265 e. The van der Waals surface area contributed by atoms with E-state index in [9.17, 15) is 4.79 Å². The number of anilines is 2. The first kappa shape index (κ1) is 18.1. The van der Waals surface area contributed by atoms with Crippen molar-refractivity contribution in [2.75, 3.05) is 36.7 Å². The predicted octanol–water partition coefficient (Wildman–Crippen LogP) is 4.27. The Hall–Kier alpha value is -2.32. The van der Waals surface area contributed by atoms with Crippen molar-refractivity contribution < 1.29 is 9.53 Å². The number of carbonyl (C=O) groups excluding carboxylic acids is 1. The number of amides is 1. The van der Waals surface area contributed by atoms with E-state index in [0.29, 0.717) is 16.3 Å². The van der Waals surface area contributed by atoms with Crippen LogP contribution in [0.2, 0.25) is 0 Å². The number of rotatable bonds is 5. The van der Waals surface area contributed by atoms with Crippen molar-refractivity contribution in [2.24, 2.45) is 0 Å². The Balaban J connectivity index is 1.70. The molecule has 6 nitrogen and oxygen atoms in total. The van der Waals surface area contributed by atoms with Gasteiger partial charge in [-0.05, 0) is 37.3 Å². The van der Waals surface area contributed by atoms with Crippen molar-refractivity contribution in [1.29, 1.82) is 0 Å². The third kappa shape index (κ3) is 3.59. The van der Waals surface area contributed by atoms with Gasteiger partial charge in [0.25, 0.3) is 5.91 Å². The van der Waals surface area contributed by atoms with Crippen LogP contribution < -0.4 is 15.0 Å². The maximum atomic E-state index is 12.8. The first-order valence-corrected chi connectivity index (χ1v) is 10.8. The van der Waals surface area contributed by atoms with Crippen LogP contribution in [-0.2, 0) is 0 Å². The van der Waals surface area contributed by atoms with Crippen molar-refractivity contribution in [3.8, 4) is 5.75 Å². The summed E-state index contributed by atoms with van der Waals surface area (Å²) in [5, 5.41) is 4.62. The number of hydrogen-bond donors (Lipinski definition) is 1. The first-order valence-electron chi connectivity index (χ1n) is 8.74. The zero-order chi connectivity index (χ0) is 18.8. The van der Waals surface area contributed by atoms with Crippen molar-refractivity contribution in [1.82, 2.24) is 9.97 Å². The molecular formula is C19H20N4O2S2. The van der Waals surface area contributed by atoms with Gasteiger partial charge in [0.05, 0.1) is 23.1 Å². The number of fused-ring (bicyclic) bond motifs is 1. The monoisotopic (exact) mass is 400 g/mol. The van der Waals surface area contributed by atoms with Gasteiger partial charge in [-0.1, -0.05) is 23.9 Å². The van der Waals surface area contributed by atoms with Gasteiger partial charge < -0.3 is 15.0 Å². The summed E-state index contributed by atoms with van der Waals surface area (Å²) in [4.78, 5) is 25.9. The molecule has 1 aliphatic heterocycles. The number of methoxy groups -OCH3 is 1. The van der Waals surface area contributed by atoms with Crippen LogP contribution in [0.4, 0.5) is 11.5 Å². The van der Waals surface area contributed by atoms with E-state index in [-0.39, 0.29) is 5.91 Å². The first-order chi connectivity index (χ1) is 13.2. The summed E-state index contributed by atoms with van der Waals surface area (Å²) in [6.07, 6.45) is 4.31. The highest BCUT2D eigenvalue weighted by molar-refractivity contribution is 7.98. The number of thioether (sulfide) groups is 1. The van der Waals surface area contributed by atoms with Crippen LogP contribution in [0.25, 0.3) is 10.2 Å². The fourth-order valence-electron chi connectivity index (χ4n) is 3.19. The summed E-state index contributed by atoms with van der Waals surface area (Å²) in [5.74, 6) is 1.41. The molecule has 1 N–H and O–H groups in total. The van der Waals surface area contributed by atoms with Gasteiger partial charge in [-0.2, -0.15) is 0 Å². The van der Waals surface area contributed by atoms with Crippen LogP contribution >= 0.6 is 23.1 Å². The van der Waals surface area contributed by atoms with E-state index in [4.69, 9.17) is 9.72 Å². The molecule has 3 heterocycles.